The Labute approximate surface area is 197 Å². The Morgan fingerprint density at radius 1 is 0.875 bits per heavy atom. The van der Waals surface area contributed by atoms with Crippen LogP contribution in [0.25, 0.3) is 0 Å². The summed E-state index contributed by atoms with van der Waals surface area (Å²) in [6.07, 6.45) is 17.4. The van der Waals surface area contributed by atoms with Crippen LogP contribution >= 0.6 is 0 Å². The highest BCUT2D eigenvalue weighted by molar-refractivity contribution is 5.30. The van der Waals surface area contributed by atoms with Gasteiger partial charge in [0.05, 0.1) is 11.7 Å². The topological polar surface area (TPSA) is 40.5 Å². The van der Waals surface area contributed by atoms with Gasteiger partial charge in [-0.1, -0.05) is 46.8 Å². The molecular formula is C30H50O2. The summed E-state index contributed by atoms with van der Waals surface area (Å²) in [7, 11) is 0. The number of hydrogen-bond donors (Lipinski definition) is 2. The van der Waals surface area contributed by atoms with Gasteiger partial charge in [-0.15, -0.1) is 0 Å². The summed E-state index contributed by atoms with van der Waals surface area (Å²) in [4.78, 5) is 0. The van der Waals surface area contributed by atoms with Crippen molar-refractivity contribution >= 4 is 0 Å². The van der Waals surface area contributed by atoms with Crippen molar-refractivity contribution in [2.45, 2.75) is 124 Å². The zero-order valence-electron chi connectivity index (χ0n) is 22.0. The molecule has 0 aliphatic heterocycles. The summed E-state index contributed by atoms with van der Waals surface area (Å²) in [6.45, 7) is 16.3. The summed E-state index contributed by atoms with van der Waals surface area (Å²) < 4.78 is 0. The fourth-order valence-corrected chi connectivity index (χ4v) is 11.0. The van der Waals surface area contributed by atoms with E-state index < -0.39 is 5.60 Å². The molecule has 32 heavy (non-hydrogen) atoms. The molecule has 0 aromatic heterocycles. The van der Waals surface area contributed by atoms with Crippen LogP contribution in [0.15, 0.2) is 12.2 Å². The highest BCUT2D eigenvalue weighted by Gasteiger charge is 2.82. The zero-order chi connectivity index (χ0) is 23.4. The molecule has 0 amide bonds. The maximum Gasteiger partial charge on any atom is 0.0771 e. The molecule has 5 aliphatic carbocycles. The number of aliphatic hydroxyl groups is 2. The van der Waals surface area contributed by atoms with E-state index in [1.807, 2.05) is 19.9 Å². The molecule has 182 valence electrons. The number of rotatable bonds is 4. The lowest BCUT2D eigenvalue weighted by Gasteiger charge is -2.63. The monoisotopic (exact) mass is 442 g/mol. The molecule has 0 unspecified atom stereocenters. The Morgan fingerprint density at radius 3 is 2.22 bits per heavy atom. The number of allylic oxidation sites excluding steroid dienone is 1. The van der Waals surface area contributed by atoms with E-state index in [1.54, 1.807) is 0 Å². The lowest BCUT2D eigenvalue weighted by atomic mass is 9.42. The number of aliphatic hydroxyl groups excluding tert-OH is 1. The maximum absolute atomic E-state index is 10.8. The average molecular weight is 443 g/mol. The third-order valence-corrected chi connectivity index (χ3v) is 12.9. The third kappa shape index (κ3) is 2.84. The van der Waals surface area contributed by atoms with Crippen LogP contribution in [0.5, 0.6) is 0 Å². The second kappa shape index (κ2) is 6.87. The molecular weight excluding hydrogens is 392 g/mol. The summed E-state index contributed by atoms with van der Waals surface area (Å²) >= 11 is 0. The van der Waals surface area contributed by atoms with Crippen LogP contribution in [0.1, 0.15) is 113 Å². The van der Waals surface area contributed by atoms with Gasteiger partial charge in [-0.3, -0.25) is 0 Å². The fourth-order valence-electron chi connectivity index (χ4n) is 11.0. The molecule has 5 aliphatic rings. The molecule has 0 saturated heterocycles. The first kappa shape index (κ1) is 23.4. The average Bonchev–Trinajstić information content (AvgIpc) is 3.27. The van der Waals surface area contributed by atoms with E-state index >= 15 is 0 Å². The van der Waals surface area contributed by atoms with Gasteiger partial charge in [-0.05, 0) is 129 Å². The van der Waals surface area contributed by atoms with Crippen molar-refractivity contribution in [2.75, 3.05) is 0 Å². The van der Waals surface area contributed by atoms with E-state index in [1.165, 1.54) is 51.4 Å². The highest BCUT2D eigenvalue weighted by atomic mass is 16.3. The normalized spacial score (nSPS) is 52.7. The molecule has 2 heteroatoms. The van der Waals surface area contributed by atoms with Gasteiger partial charge in [-0.2, -0.15) is 0 Å². The molecule has 0 radical (unpaired) electrons. The molecule has 0 aromatic rings. The Bertz CT molecular complexity index is 791. The van der Waals surface area contributed by atoms with Crippen molar-refractivity contribution in [3.05, 3.63) is 12.2 Å². The molecule has 5 rings (SSSR count). The standard InChI is InChI=1S/C30H50O2/c1-20(9-8-14-25(2,3)32)21-12-15-28(7)23-11-10-22-26(4,5)24(31)13-16-29(22)19-30(23,29)18-17-27(21,28)6/h8,14,20-24,31-32H,9-13,15-19H2,1-7H3/b14-8-/t20-,21-,22-,23+,24+,27-,28+,29-,30+/m1/s1. The van der Waals surface area contributed by atoms with Gasteiger partial charge in [0.25, 0.3) is 0 Å². The van der Waals surface area contributed by atoms with Gasteiger partial charge in [0.1, 0.15) is 0 Å². The smallest absolute Gasteiger partial charge is 0.0771 e. The molecule has 0 bridgehead atoms. The number of fused-ring (bicyclic) bond motifs is 2. The van der Waals surface area contributed by atoms with Crippen LogP contribution in [0.4, 0.5) is 0 Å². The van der Waals surface area contributed by atoms with Crippen molar-refractivity contribution in [3.63, 3.8) is 0 Å². The third-order valence-electron chi connectivity index (χ3n) is 12.9. The van der Waals surface area contributed by atoms with Crippen molar-refractivity contribution < 1.29 is 10.2 Å². The minimum absolute atomic E-state index is 0.0912. The fraction of sp³-hybridized carbons (Fsp3) is 0.933. The van der Waals surface area contributed by atoms with Gasteiger partial charge >= 0.3 is 0 Å². The summed E-state index contributed by atoms with van der Waals surface area (Å²) in [5, 5.41) is 20.9. The lowest BCUT2D eigenvalue weighted by molar-refractivity contribution is -0.161. The minimum atomic E-state index is -0.703. The van der Waals surface area contributed by atoms with Crippen LogP contribution in [-0.2, 0) is 0 Å². The minimum Gasteiger partial charge on any atom is -0.393 e. The van der Waals surface area contributed by atoms with Gasteiger partial charge < -0.3 is 10.2 Å². The first-order chi connectivity index (χ1) is 14.7. The lowest BCUT2D eigenvalue weighted by Crippen LogP contribution is -2.57. The molecule has 5 fully saturated rings. The second-order valence-electron chi connectivity index (χ2n) is 14.8. The number of hydrogen-bond acceptors (Lipinski definition) is 2. The van der Waals surface area contributed by atoms with Crippen LogP contribution in [0.2, 0.25) is 0 Å². The Balaban J connectivity index is 1.40. The molecule has 5 saturated carbocycles. The van der Waals surface area contributed by atoms with Crippen LogP contribution < -0.4 is 0 Å². The quantitative estimate of drug-likeness (QED) is 0.454. The van der Waals surface area contributed by atoms with Crippen molar-refractivity contribution in [1.82, 2.24) is 0 Å². The van der Waals surface area contributed by atoms with Crippen molar-refractivity contribution in [3.8, 4) is 0 Å². The van der Waals surface area contributed by atoms with E-state index in [-0.39, 0.29) is 11.5 Å². The second-order valence-corrected chi connectivity index (χ2v) is 14.8. The predicted octanol–water partition coefficient (Wildman–Crippen LogP) is 7.14. The van der Waals surface area contributed by atoms with Gasteiger partial charge in [0.2, 0.25) is 0 Å². The maximum atomic E-state index is 10.8. The van der Waals surface area contributed by atoms with E-state index in [9.17, 15) is 10.2 Å². The van der Waals surface area contributed by atoms with E-state index in [2.05, 4.69) is 40.7 Å². The molecule has 2 N–H and O–H groups in total. The Morgan fingerprint density at radius 2 is 1.53 bits per heavy atom. The molecule has 2 nitrogen and oxygen atoms in total. The molecule has 0 aromatic carbocycles. The Kier molecular flexibility index (Phi) is 5.02. The zero-order valence-corrected chi connectivity index (χ0v) is 22.0. The van der Waals surface area contributed by atoms with Gasteiger partial charge in [0.15, 0.2) is 0 Å². The molecule has 9 atom stereocenters. The van der Waals surface area contributed by atoms with E-state index in [0.29, 0.717) is 27.6 Å². The van der Waals surface area contributed by atoms with Crippen molar-refractivity contribution in [1.29, 1.82) is 0 Å². The van der Waals surface area contributed by atoms with Crippen LogP contribution in [0.3, 0.4) is 0 Å². The Hall–Kier alpha value is -0.340. The largest absolute Gasteiger partial charge is 0.393 e. The van der Waals surface area contributed by atoms with Gasteiger partial charge in [0, 0.05) is 0 Å². The highest BCUT2D eigenvalue weighted by Crippen LogP contribution is 2.89. The van der Waals surface area contributed by atoms with Crippen LogP contribution in [-0.4, -0.2) is 21.9 Å². The molecule has 0 heterocycles. The first-order valence-electron chi connectivity index (χ1n) is 13.8. The summed E-state index contributed by atoms with van der Waals surface area (Å²) in [5.74, 6) is 3.10. The van der Waals surface area contributed by atoms with Crippen molar-refractivity contribution in [2.24, 2.45) is 50.7 Å². The predicted molar refractivity (Wildman–Crippen MR) is 132 cm³/mol. The molecule has 2 spiro atoms. The van der Waals surface area contributed by atoms with Crippen LogP contribution in [0, 0.1) is 50.7 Å². The van der Waals surface area contributed by atoms with E-state index in [4.69, 9.17) is 0 Å². The summed E-state index contributed by atoms with van der Waals surface area (Å²) in [5.41, 5.74) is 1.44. The van der Waals surface area contributed by atoms with Gasteiger partial charge in [-0.25, -0.2) is 0 Å². The SMILES string of the molecule is C[C@H](C/C=C\C(C)(C)O)[C@H]1CC[C@@]2(C)[C@@H]3CC[C@@H]4C(C)(C)[C@@H](O)CC[C@@]45C[C@@]35CC[C@]12C. The van der Waals surface area contributed by atoms with E-state index in [0.717, 1.165) is 30.6 Å². The summed E-state index contributed by atoms with van der Waals surface area (Å²) in [6, 6.07) is 0. The first-order valence-corrected chi connectivity index (χ1v) is 13.8.